The average Bonchev–Trinajstić information content (AvgIpc) is 2.78. The van der Waals surface area contributed by atoms with Gasteiger partial charge >= 0.3 is 0 Å². The smallest absolute Gasteiger partial charge is 0.0781 e. The summed E-state index contributed by atoms with van der Waals surface area (Å²) in [5.74, 6) is 0.613. The van der Waals surface area contributed by atoms with Crippen molar-refractivity contribution < 1.29 is 9.84 Å². The summed E-state index contributed by atoms with van der Waals surface area (Å²) >= 11 is 0. The Balaban J connectivity index is 2.13. The van der Waals surface area contributed by atoms with Gasteiger partial charge in [0.2, 0.25) is 0 Å². The van der Waals surface area contributed by atoms with Crippen LogP contribution in [0, 0.1) is 5.92 Å². The molecular formula is C14H21NO2. The van der Waals surface area contributed by atoms with Crippen LogP contribution in [0.15, 0.2) is 24.3 Å². The molecule has 1 aromatic carbocycles. The Bertz CT molecular complexity index is 365. The van der Waals surface area contributed by atoms with Crippen LogP contribution in [0.1, 0.15) is 25.0 Å². The second-order valence-corrected chi connectivity index (χ2v) is 4.79. The van der Waals surface area contributed by atoms with Crippen molar-refractivity contribution in [1.29, 1.82) is 0 Å². The highest BCUT2D eigenvalue weighted by atomic mass is 16.5. The zero-order chi connectivity index (χ0) is 12.3. The lowest BCUT2D eigenvalue weighted by atomic mass is 10.1. The maximum atomic E-state index is 9.78. The van der Waals surface area contributed by atoms with E-state index >= 15 is 0 Å². The van der Waals surface area contributed by atoms with Crippen molar-refractivity contribution >= 4 is 5.69 Å². The SMILES string of the molecule is COCC1CCN(c2ccccc2C(C)O)C1. The summed E-state index contributed by atoms with van der Waals surface area (Å²) in [6.07, 6.45) is 0.759. The van der Waals surface area contributed by atoms with E-state index in [2.05, 4.69) is 11.0 Å². The summed E-state index contributed by atoms with van der Waals surface area (Å²) < 4.78 is 5.21. The first kappa shape index (κ1) is 12.4. The minimum atomic E-state index is -0.410. The number of methoxy groups -OCH3 is 1. The summed E-state index contributed by atoms with van der Waals surface area (Å²) in [6, 6.07) is 8.11. The molecule has 0 aromatic heterocycles. The molecule has 1 aromatic rings. The molecule has 0 saturated carbocycles. The number of aliphatic hydroxyl groups excluding tert-OH is 1. The van der Waals surface area contributed by atoms with Crippen molar-refractivity contribution in [1.82, 2.24) is 0 Å². The fourth-order valence-corrected chi connectivity index (χ4v) is 2.55. The molecule has 1 aliphatic rings. The Morgan fingerprint density at radius 1 is 1.47 bits per heavy atom. The highest BCUT2D eigenvalue weighted by Crippen LogP contribution is 2.30. The van der Waals surface area contributed by atoms with E-state index in [0.717, 1.165) is 25.3 Å². The van der Waals surface area contributed by atoms with Crippen molar-refractivity contribution in [3.63, 3.8) is 0 Å². The van der Waals surface area contributed by atoms with Crippen molar-refractivity contribution in [3.8, 4) is 0 Å². The lowest BCUT2D eigenvalue weighted by molar-refractivity contribution is 0.161. The first-order valence-electron chi connectivity index (χ1n) is 6.23. The summed E-state index contributed by atoms with van der Waals surface area (Å²) in [7, 11) is 1.76. The van der Waals surface area contributed by atoms with E-state index in [-0.39, 0.29) is 0 Å². The van der Waals surface area contributed by atoms with Gasteiger partial charge in [0.05, 0.1) is 12.7 Å². The molecule has 1 fully saturated rings. The third kappa shape index (κ3) is 2.79. The monoisotopic (exact) mass is 235 g/mol. The number of rotatable bonds is 4. The van der Waals surface area contributed by atoms with Crippen LogP contribution in [-0.4, -0.2) is 31.9 Å². The molecular weight excluding hydrogens is 214 g/mol. The number of para-hydroxylation sites is 1. The van der Waals surface area contributed by atoms with Gasteiger partial charge in [0.15, 0.2) is 0 Å². The van der Waals surface area contributed by atoms with Gasteiger partial charge in [-0.3, -0.25) is 0 Å². The molecule has 3 heteroatoms. The van der Waals surface area contributed by atoms with Crippen molar-refractivity contribution in [3.05, 3.63) is 29.8 Å². The zero-order valence-electron chi connectivity index (χ0n) is 10.6. The largest absolute Gasteiger partial charge is 0.389 e. The Morgan fingerprint density at radius 2 is 2.24 bits per heavy atom. The van der Waals surface area contributed by atoms with E-state index in [1.54, 1.807) is 7.11 Å². The molecule has 0 aliphatic carbocycles. The molecule has 2 unspecified atom stereocenters. The van der Waals surface area contributed by atoms with Crippen LogP contribution in [0.3, 0.4) is 0 Å². The van der Waals surface area contributed by atoms with Crippen LogP contribution in [0.4, 0.5) is 5.69 Å². The molecule has 0 radical (unpaired) electrons. The quantitative estimate of drug-likeness (QED) is 0.868. The van der Waals surface area contributed by atoms with Gasteiger partial charge in [-0.1, -0.05) is 18.2 Å². The normalized spacial score (nSPS) is 21.8. The van der Waals surface area contributed by atoms with Gasteiger partial charge in [-0.15, -0.1) is 0 Å². The van der Waals surface area contributed by atoms with Gasteiger partial charge < -0.3 is 14.7 Å². The lowest BCUT2D eigenvalue weighted by Crippen LogP contribution is -2.22. The molecule has 1 aliphatic heterocycles. The number of hydrogen-bond donors (Lipinski definition) is 1. The summed E-state index contributed by atoms with van der Waals surface area (Å²) in [6.45, 7) is 4.73. The second kappa shape index (κ2) is 5.52. The molecule has 2 atom stereocenters. The molecule has 2 rings (SSSR count). The molecule has 94 valence electrons. The van der Waals surface area contributed by atoms with Crippen LogP contribution in [0.2, 0.25) is 0 Å². The fourth-order valence-electron chi connectivity index (χ4n) is 2.55. The number of ether oxygens (including phenoxy) is 1. The number of nitrogens with zero attached hydrogens (tertiary/aromatic N) is 1. The molecule has 0 spiro atoms. The number of benzene rings is 1. The fraction of sp³-hybridized carbons (Fsp3) is 0.571. The van der Waals surface area contributed by atoms with Gasteiger partial charge in [-0.2, -0.15) is 0 Å². The molecule has 0 bridgehead atoms. The van der Waals surface area contributed by atoms with Gasteiger partial charge in [-0.25, -0.2) is 0 Å². The highest BCUT2D eigenvalue weighted by molar-refractivity contribution is 5.55. The molecule has 0 amide bonds. The Labute approximate surface area is 103 Å². The molecule has 3 nitrogen and oxygen atoms in total. The minimum Gasteiger partial charge on any atom is -0.389 e. The van der Waals surface area contributed by atoms with E-state index < -0.39 is 6.10 Å². The van der Waals surface area contributed by atoms with Crippen LogP contribution in [-0.2, 0) is 4.74 Å². The highest BCUT2D eigenvalue weighted by Gasteiger charge is 2.24. The van der Waals surface area contributed by atoms with Crippen LogP contribution in [0.5, 0.6) is 0 Å². The third-order valence-corrected chi connectivity index (χ3v) is 3.42. The van der Waals surface area contributed by atoms with Gasteiger partial charge in [0.25, 0.3) is 0 Å². The third-order valence-electron chi connectivity index (χ3n) is 3.42. The van der Waals surface area contributed by atoms with Crippen LogP contribution >= 0.6 is 0 Å². The lowest BCUT2D eigenvalue weighted by Gasteiger charge is -2.23. The summed E-state index contributed by atoms with van der Waals surface area (Å²) in [4.78, 5) is 2.35. The molecule has 1 saturated heterocycles. The summed E-state index contributed by atoms with van der Waals surface area (Å²) in [5, 5.41) is 9.78. The van der Waals surface area contributed by atoms with E-state index in [4.69, 9.17) is 4.74 Å². The van der Waals surface area contributed by atoms with Crippen LogP contribution in [0.25, 0.3) is 0 Å². The number of hydrogen-bond acceptors (Lipinski definition) is 3. The average molecular weight is 235 g/mol. The first-order valence-corrected chi connectivity index (χ1v) is 6.23. The number of anilines is 1. The Kier molecular flexibility index (Phi) is 4.02. The predicted molar refractivity (Wildman–Crippen MR) is 69.3 cm³/mol. The first-order chi connectivity index (χ1) is 8.22. The van der Waals surface area contributed by atoms with E-state index in [1.807, 2.05) is 25.1 Å². The molecule has 1 heterocycles. The predicted octanol–water partition coefficient (Wildman–Crippen LogP) is 2.21. The van der Waals surface area contributed by atoms with Gasteiger partial charge in [-0.05, 0) is 19.4 Å². The Morgan fingerprint density at radius 3 is 2.94 bits per heavy atom. The topological polar surface area (TPSA) is 32.7 Å². The minimum absolute atomic E-state index is 0.410. The maximum absolute atomic E-state index is 9.78. The van der Waals surface area contributed by atoms with E-state index in [0.29, 0.717) is 5.92 Å². The zero-order valence-corrected chi connectivity index (χ0v) is 10.6. The van der Waals surface area contributed by atoms with E-state index in [9.17, 15) is 5.11 Å². The summed E-state index contributed by atoms with van der Waals surface area (Å²) in [5.41, 5.74) is 2.19. The van der Waals surface area contributed by atoms with Gasteiger partial charge in [0, 0.05) is 37.4 Å². The molecule has 17 heavy (non-hydrogen) atoms. The van der Waals surface area contributed by atoms with Crippen molar-refractivity contribution in [2.45, 2.75) is 19.4 Å². The standard InChI is InChI=1S/C14H21NO2/c1-11(16)13-5-3-4-6-14(13)15-8-7-12(9-15)10-17-2/h3-6,11-12,16H,7-10H2,1-2H3. The van der Waals surface area contributed by atoms with Crippen molar-refractivity contribution in [2.24, 2.45) is 5.92 Å². The number of aliphatic hydroxyl groups is 1. The maximum Gasteiger partial charge on any atom is 0.0781 e. The van der Waals surface area contributed by atoms with Gasteiger partial charge in [0.1, 0.15) is 0 Å². The van der Waals surface area contributed by atoms with Crippen molar-refractivity contribution in [2.75, 3.05) is 31.7 Å². The van der Waals surface area contributed by atoms with E-state index in [1.165, 1.54) is 12.1 Å². The Hall–Kier alpha value is -1.06. The molecule has 1 N–H and O–H groups in total. The second-order valence-electron chi connectivity index (χ2n) is 4.79. The van der Waals surface area contributed by atoms with Crippen LogP contribution < -0.4 is 4.90 Å².